The molecule has 10 nitrogen and oxygen atoms in total. The van der Waals surface area contributed by atoms with E-state index in [0.717, 1.165) is 46.1 Å². The molecule has 1 unspecified atom stereocenters. The number of aliphatic carboxylic acids is 1. The average molecular weight is 597 g/mol. The van der Waals surface area contributed by atoms with Gasteiger partial charge in [-0.25, -0.2) is 4.98 Å². The zero-order valence-electron chi connectivity index (χ0n) is 23.9. The van der Waals surface area contributed by atoms with E-state index in [1.54, 1.807) is 6.20 Å². The predicted molar refractivity (Wildman–Crippen MR) is 161 cm³/mol. The molecule has 2 aromatic carbocycles. The topological polar surface area (TPSA) is 148 Å². The fourth-order valence-electron chi connectivity index (χ4n) is 4.59. The molecule has 224 valence electrons. The third kappa shape index (κ3) is 9.22. The predicted octanol–water partition coefficient (Wildman–Crippen LogP) is 4.91. The normalized spacial score (nSPS) is 12.9. The largest absolute Gasteiger partial charge is 0.492 e. The number of pyridine rings is 2. The lowest BCUT2D eigenvalue weighted by molar-refractivity contribution is -0.136. The third-order valence-corrected chi connectivity index (χ3v) is 7.89. The fourth-order valence-corrected chi connectivity index (χ4v) is 5.06. The highest BCUT2D eigenvalue weighted by Crippen LogP contribution is 2.34. The maximum absolute atomic E-state index is 11.2. The maximum atomic E-state index is 11.2. The molecule has 0 saturated heterocycles. The molecule has 2 heterocycles. The smallest absolute Gasteiger partial charge is 0.303 e. The van der Waals surface area contributed by atoms with Crippen molar-refractivity contribution in [1.82, 2.24) is 9.97 Å². The molecule has 42 heavy (non-hydrogen) atoms. The fraction of sp³-hybridized carbons (Fsp3) is 0.387. The molecule has 0 radical (unpaired) electrons. The van der Waals surface area contributed by atoms with Gasteiger partial charge in [-0.1, -0.05) is 18.2 Å². The van der Waals surface area contributed by atoms with Crippen molar-refractivity contribution in [3.8, 4) is 11.6 Å². The second-order valence-electron chi connectivity index (χ2n) is 10.4. The molecule has 0 aliphatic carbocycles. The van der Waals surface area contributed by atoms with Crippen LogP contribution in [0.5, 0.6) is 11.6 Å². The molecule has 0 saturated carbocycles. The van der Waals surface area contributed by atoms with Crippen molar-refractivity contribution < 1.29 is 38.7 Å². The first kappa shape index (κ1) is 31.4. The number of carboxylic acids is 1. The second-order valence-corrected chi connectivity index (χ2v) is 12.9. The summed E-state index contributed by atoms with van der Waals surface area (Å²) < 4.78 is 27.8. The van der Waals surface area contributed by atoms with Crippen molar-refractivity contribution in [2.75, 3.05) is 45.9 Å². The minimum atomic E-state index is -3.03. The van der Waals surface area contributed by atoms with Gasteiger partial charge in [-0.3, -0.25) is 14.3 Å². The lowest BCUT2D eigenvalue weighted by Gasteiger charge is -2.12. The number of carbonyl (C=O) groups is 1. The van der Waals surface area contributed by atoms with E-state index in [0.29, 0.717) is 43.9 Å². The molecule has 4 aromatic rings. The van der Waals surface area contributed by atoms with Gasteiger partial charge >= 0.3 is 5.97 Å². The van der Waals surface area contributed by atoms with Gasteiger partial charge in [0.15, 0.2) is 7.37 Å². The Kier molecular flexibility index (Phi) is 10.9. The Labute approximate surface area is 244 Å². The second kappa shape index (κ2) is 14.6. The third-order valence-electron chi connectivity index (χ3n) is 6.88. The summed E-state index contributed by atoms with van der Waals surface area (Å²) in [6.45, 7) is 5.18. The first-order chi connectivity index (χ1) is 20.1. The van der Waals surface area contributed by atoms with E-state index in [1.165, 1.54) is 12.2 Å². The van der Waals surface area contributed by atoms with E-state index < -0.39 is 13.3 Å². The van der Waals surface area contributed by atoms with Crippen LogP contribution in [0, 0.1) is 6.92 Å². The van der Waals surface area contributed by atoms with Gasteiger partial charge in [0.25, 0.3) is 0 Å². The monoisotopic (exact) mass is 596 g/mol. The Hall–Kier alpha value is -3.56. The standard InChI is InChI=1S/C31H37N2O8P/c1-21-17-25(41-14-13-39-11-12-40-15-16-42(2,37)38)8-7-24(21)6-3-23-18-27-26-9-4-22(5-10-29(34)35)19-28(26)33-31(36)30(27)32-20-23/h4,7-9,17-20H,3,5-6,10-16H2,1-2H3,(H,33,36)(H,34,35)(H,37,38). The van der Waals surface area contributed by atoms with Gasteiger partial charge < -0.3 is 29.3 Å². The lowest BCUT2D eigenvalue weighted by Crippen LogP contribution is -2.12. The van der Waals surface area contributed by atoms with E-state index in [2.05, 4.69) is 23.0 Å². The highest BCUT2D eigenvalue weighted by molar-refractivity contribution is 7.57. The van der Waals surface area contributed by atoms with Crippen LogP contribution < -0.4 is 4.74 Å². The Morgan fingerprint density at radius 3 is 2.40 bits per heavy atom. The zero-order chi connectivity index (χ0) is 30.1. The van der Waals surface area contributed by atoms with Crippen LogP contribution in [0.1, 0.15) is 28.7 Å². The number of carboxylic acid groups (broad SMARTS) is 1. The minimum Gasteiger partial charge on any atom is -0.492 e. The number of ether oxygens (including phenoxy) is 3. The molecule has 0 bridgehead atoms. The summed E-state index contributed by atoms with van der Waals surface area (Å²) in [6, 6.07) is 13.7. The molecule has 0 spiro atoms. The Balaban J connectivity index is 1.30. The van der Waals surface area contributed by atoms with Gasteiger partial charge in [-0.05, 0) is 72.7 Å². The molecular formula is C31H37N2O8P. The van der Waals surface area contributed by atoms with Crippen LogP contribution in [0.4, 0.5) is 0 Å². The average Bonchev–Trinajstić information content (AvgIpc) is 2.94. The summed E-state index contributed by atoms with van der Waals surface area (Å²) >= 11 is 0. The summed E-state index contributed by atoms with van der Waals surface area (Å²) in [6.07, 6.45) is 3.91. The Morgan fingerprint density at radius 1 is 0.905 bits per heavy atom. The van der Waals surface area contributed by atoms with E-state index >= 15 is 0 Å². The van der Waals surface area contributed by atoms with E-state index in [4.69, 9.17) is 19.3 Å². The van der Waals surface area contributed by atoms with Gasteiger partial charge in [-0.15, -0.1) is 0 Å². The van der Waals surface area contributed by atoms with Crippen LogP contribution in [0.2, 0.25) is 0 Å². The number of hydrogen-bond donors (Lipinski definition) is 3. The summed E-state index contributed by atoms with van der Waals surface area (Å²) in [7, 11) is -3.03. The zero-order valence-corrected chi connectivity index (χ0v) is 24.8. The number of fused-ring (bicyclic) bond motifs is 3. The summed E-state index contributed by atoms with van der Waals surface area (Å²) in [5.74, 6) is -0.231. The van der Waals surface area contributed by atoms with Crippen LogP contribution in [0.15, 0.2) is 48.7 Å². The first-order valence-corrected chi connectivity index (χ1v) is 16.2. The Morgan fingerprint density at radius 2 is 1.67 bits per heavy atom. The SMILES string of the molecule is Cc1cc(OCCOCCOCCP(C)(=O)O)ccc1CCc1cnc2c(O)nc3cc(CCC(=O)O)ccc3c2c1. The van der Waals surface area contributed by atoms with Gasteiger partial charge in [0.1, 0.15) is 17.9 Å². The number of hydrogen-bond acceptors (Lipinski definition) is 8. The van der Waals surface area contributed by atoms with Gasteiger partial charge in [-0.2, -0.15) is 0 Å². The quantitative estimate of drug-likeness (QED) is 0.0925. The van der Waals surface area contributed by atoms with Gasteiger partial charge in [0, 0.05) is 36.2 Å². The van der Waals surface area contributed by atoms with Crippen molar-refractivity contribution in [3.63, 3.8) is 0 Å². The highest BCUT2D eigenvalue weighted by atomic mass is 31.2. The molecule has 11 heteroatoms. The number of aromatic hydroxyl groups is 1. The maximum Gasteiger partial charge on any atom is 0.303 e. The van der Waals surface area contributed by atoms with Crippen LogP contribution >= 0.6 is 7.37 Å². The highest BCUT2D eigenvalue weighted by Gasteiger charge is 2.12. The molecular weight excluding hydrogens is 559 g/mol. The molecule has 4 rings (SSSR count). The number of aryl methyl sites for hydroxylation is 4. The molecule has 0 aliphatic rings. The molecule has 0 fully saturated rings. The minimum absolute atomic E-state index is 0.0347. The van der Waals surface area contributed by atoms with Crippen molar-refractivity contribution in [2.45, 2.75) is 32.6 Å². The van der Waals surface area contributed by atoms with Crippen molar-refractivity contribution in [2.24, 2.45) is 0 Å². The van der Waals surface area contributed by atoms with Crippen molar-refractivity contribution in [1.29, 1.82) is 0 Å². The van der Waals surface area contributed by atoms with Crippen LogP contribution in [-0.4, -0.2) is 76.9 Å². The summed E-state index contributed by atoms with van der Waals surface area (Å²) in [5.41, 5.74) is 5.25. The molecule has 0 aliphatic heterocycles. The van der Waals surface area contributed by atoms with Crippen LogP contribution in [0.25, 0.3) is 21.8 Å². The van der Waals surface area contributed by atoms with Crippen LogP contribution in [-0.2, 0) is 38.1 Å². The first-order valence-electron chi connectivity index (χ1n) is 13.9. The number of aromatic nitrogens is 2. The summed E-state index contributed by atoms with van der Waals surface area (Å²) in [4.78, 5) is 28.9. The van der Waals surface area contributed by atoms with Crippen molar-refractivity contribution >= 4 is 35.1 Å². The molecule has 0 amide bonds. The molecule has 2 aromatic heterocycles. The molecule has 3 N–H and O–H groups in total. The summed E-state index contributed by atoms with van der Waals surface area (Å²) in [5, 5.41) is 21.1. The van der Waals surface area contributed by atoms with E-state index in [9.17, 15) is 19.4 Å². The van der Waals surface area contributed by atoms with Crippen LogP contribution in [0.3, 0.4) is 0 Å². The van der Waals surface area contributed by atoms with E-state index in [-0.39, 0.29) is 25.1 Å². The van der Waals surface area contributed by atoms with Gasteiger partial charge in [0.2, 0.25) is 5.88 Å². The number of rotatable bonds is 16. The van der Waals surface area contributed by atoms with Gasteiger partial charge in [0.05, 0.1) is 31.9 Å². The Bertz CT molecular complexity index is 1590. The molecule has 1 atom stereocenters. The van der Waals surface area contributed by atoms with E-state index in [1.807, 2.05) is 36.4 Å². The number of nitrogens with zero attached hydrogens (tertiary/aromatic N) is 2. The van der Waals surface area contributed by atoms with Crippen molar-refractivity contribution in [3.05, 3.63) is 70.9 Å². The lowest BCUT2D eigenvalue weighted by atomic mass is 9.99. The number of benzene rings is 2.